The number of nitrogens with zero attached hydrogens (tertiary/aromatic N) is 6. The molecule has 11 nitrogen and oxygen atoms in total. The number of halogens is 1. The number of hydrogen-bond acceptors (Lipinski definition) is 8. The molecule has 3 aliphatic rings. The molecule has 1 unspecified atom stereocenters. The molecule has 2 amide bonds. The Kier molecular flexibility index (Phi) is 10.4. The maximum Gasteiger partial charge on any atom is 0.264 e. The predicted molar refractivity (Wildman–Crippen MR) is 221 cm³/mol. The predicted octanol–water partition coefficient (Wildman–Crippen LogP) is 7.13. The molecule has 0 aliphatic carbocycles. The Bertz CT molecular complexity index is 2260. The summed E-state index contributed by atoms with van der Waals surface area (Å²) in [7, 11) is -2.89. The van der Waals surface area contributed by atoms with Gasteiger partial charge < -0.3 is 19.5 Å². The maximum absolute atomic E-state index is 15.0. The number of amides is 2. The molecule has 1 saturated heterocycles. The number of aromatic nitrogens is 3. The Hall–Kier alpha value is -4.79. The number of anilines is 2. The SMILES string of the molecule is C[C@@H]1[C@@H]([Si](C)(C)O)[C@H](CCn2cc(C(CO)c3ccccc3)nn2)O[C@@]12C(=O)N(Cc1ccc(N3N=C(c4ccccc4)CCC3=O)cc1)c1ccc(Br)cc12. The molecule has 4 heterocycles. The third-order valence-electron chi connectivity index (χ3n) is 11.5. The van der Waals surface area contributed by atoms with Crippen molar-refractivity contribution in [1.82, 2.24) is 15.0 Å². The molecule has 5 atom stereocenters. The van der Waals surface area contributed by atoms with Crippen LogP contribution in [0.1, 0.15) is 60.1 Å². The molecule has 1 fully saturated rings. The molecule has 1 aromatic heterocycles. The topological polar surface area (TPSA) is 133 Å². The maximum atomic E-state index is 15.0. The first kappa shape index (κ1) is 38.1. The summed E-state index contributed by atoms with van der Waals surface area (Å²) in [6, 6.07) is 33.1. The van der Waals surface area contributed by atoms with Gasteiger partial charge in [-0.15, -0.1) is 5.10 Å². The number of carbonyl (C=O) groups is 2. The number of aryl methyl sites for hydroxylation is 1. The number of rotatable bonds is 11. The van der Waals surface area contributed by atoms with E-state index in [1.165, 1.54) is 5.01 Å². The van der Waals surface area contributed by atoms with Crippen molar-refractivity contribution in [2.24, 2.45) is 11.0 Å². The molecule has 56 heavy (non-hydrogen) atoms. The van der Waals surface area contributed by atoms with Crippen LogP contribution in [0.25, 0.3) is 0 Å². The number of aliphatic hydroxyl groups is 1. The van der Waals surface area contributed by atoms with E-state index in [2.05, 4.69) is 26.2 Å². The minimum absolute atomic E-state index is 0.0637. The highest BCUT2D eigenvalue weighted by Gasteiger charge is 2.66. The smallest absolute Gasteiger partial charge is 0.264 e. The molecule has 3 aliphatic heterocycles. The summed E-state index contributed by atoms with van der Waals surface area (Å²) in [6.07, 6.45) is 2.90. The van der Waals surface area contributed by atoms with Crippen molar-refractivity contribution < 1.29 is 24.2 Å². The molecule has 288 valence electrons. The molecule has 13 heteroatoms. The normalized spacial score (nSPS) is 22.8. The van der Waals surface area contributed by atoms with Crippen LogP contribution in [0.5, 0.6) is 0 Å². The Morgan fingerprint density at radius 3 is 2.38 bits per heavy atom. The molecule has 1 spiro atoms. The Morgan fingerprint density at radius 2 is 1.68 bits per heavy atom. The summed E-state index contributed by atoms with van der Waals surface area (Å²) in [6.45, 7) is 6.53. The second-order valence-corrected chi connectivity index (χ2v) is 20.4. The summed E-state index contributed by atoms with van der Waals surface area (Å²) >= 11 is 3.65. The molecule has 0 radical (unpaired) electrons. The van der Waals surface area contributed by atoms with Crippen LogP contribution < -0.4 is 9.91 Å². The first-order chi connectivity index (χ1) is 27.0. The molecular formula is C43H45BrN6O5Si. The lowest BCUT2D eigenvalue weighted by Gasteiger charge is -2.32. The van der Waals surface area contributed by atoms with Crippen LogP contribution in [0, 0.1) is 5.92 Å². The van der Waals surface area contributed by atoms with Crippen LogP contribution in [0.4, 0.5) is 11.4 Å². The number of hydrogen-bond donors (Lipinski definition) is 2. The van der Waals surface area contributed by atoms with Gasteiger partial charge in [0, 0.05) is 47.1 Å². The summed E-state index contributed by atoms with van der Waals surface area (Å²) in [5, 5.41) is 25.2. The number of benzene rings is 4. The molecular weight excluding hydrogens is 788 g/mol. The second kappa shape index (κ2) is 15.3. The van der Waals surface area contributed by atoms with Crippen molar-refractivity contribution in [3.8, 4) is 0 Å². The van der Waals surface area contributed by atoms with Gasteiger partial charge in [0.05, 0.1) is 48.0 Å². The van der Waals surface area contributed by atoms with E-state index in [-0.39, 0.29) is 35.8 Å². The first-order valence-electron chi connectivity index (χ1n) is 19.1. The third kappa shape index (κ3) is 6.96. The lowest BCUT2D eigenvalue weighted by atomic mass is 9.82. The van der Waals surface area contributed by atoms with E-state index in [0.717, 1.165) is 38.1 Å². The van der Waals surface area contributed by atoms with E-state index in [1.807, 2.05) is 129 Å². The van der Waals surface area contributed by atoms with Crippen molar-refractivity contribution >= 4 is 53.1 Å². The van der Waals surface area contributed by atoms with Crippen LogP contribution in [0.15, 0.2) is 119 Å². The summed E-state index contributed by atoms with van der Waals surface area (Å²) < 4.78 is 9.64. The quantitative estimate of drug-likeness (QED) is 0.135. The largest absolute Gasteiger partial charge is 0.432 e. The number of fused-ring (bicyclic) bond motifs is 2. The van der Waals surface area contributed by atoms with Gasteiger partial charge in [-0.1, -0.05) is 101 Å². The van der Waals surface area contributed by atoms with Crippen LogP contribution in [-0.2, 0) is 33.0 Å². The zero-order valence-electron chi connectivity index (χ0n) is 31.6. The molecule has 4 aromatic carbocycles. The minimum atomic E-state index is -2.89. The summed E-state index contributed by atoms with van der Waals surface area (Å²) in [5.74, 6) is -0.842. The molecule has 0 saturated carbocycles. The van der Waals surface area contributed by atoms with Crippen molar-refractivity contribution in [1.29, 1.82) is 0 Å². The fourth-order valence-corrected chi connectivity index (χ4v) is 11.9. The fourth-order valence-electron chi connectivity index (χ4n) is 8.89. The molecule has 2 N–H and O–H groups in total. The number of carbonyl (C=O) groups excluding carboxylic acids is 2. The van der Waals surface area contributed by atoms with Gasteiger partial charge in [0.2, 0.25) is 5.91 Å². The highest BCUT2D eigenvalue weighted by atomic mass is 79.9. The highest BCUT2D eigenvalue weighted by Crippen LogP contribution is 2.60. The van der Waals surface area contributed by atoms with Gasteiger partial charge in [0.1, 0.15) is 0 Å². The number of ether oxygens (including phenoxy) is 1. The van der Waals surface area contributed by atoms with Crippen molar-refractivity contribution in [2.45, 2.75) is 75.5 Å². The van der Waals surface area contributed by atoms with Gasteiger partial charge in [0.25, 0.3) is 5.91 Å². The summed E-state index contributed by atoms with van der Waals surface area (Å²) in [4.78, 5) is 41.5. The van der Waals surface area contributed by atoms with E-state index in [4.69, 9.17) is 9.84 Å². The standard InChI is InChI=1S/C43H45BrN6O5Si/c1-28-41(56(2,3)54)39(22-23-48-26-37(45-47-48)34(27-51)30-10-6-4-7-11-30)55-43(28)35-24-32(44)16-20-38(35)49(42(43)53)25-29-14-17-33(18-15-29)50-40(52)21-19-36(46-50)31-12-8-5-9-13-31/h4-18,20,24,26,28,34,39,41,51,54H,19,21-23,25,27H2,1-3H3/t28-,34?,39+,41-,43+/m1/s1. The van der Waals surface area contributed by atoms with E-state index < -0.39 is 20.0 Å². The van der Waals surface area contributed by atoms with E-state index in [1.54, 1.807) is 9.58 Å². The molecule has 8 rings (SSSR count). The van der Waals surface area contributed by atoms with Gasteiger partial charge in [0.15, 0.2) is 13.9 Å². The zero-order valence-corrected chi connectivity index (χ0v) is 34.2. The Morgan fingerprint density at radius 1 is 0.964 bits per heavy atom. The van der Waals surface area contributed by atoms with Gasteiger partial charge in [-0.05, 0) is 66.5 Å². The van der Waals surface area contributed by atoms with E-state index in [0.29, 0.717) is 43.7 Å². The van der Waals surface area contributed by atoms with Crippen molar-refractivity contribution in [3.05, 3.63) is 142 Å². The Balaban J connectivity index is 1.04. The van der Waals surface area contributed by atoms with Crippen molar-refractivity contribution in [3.63, 3.8) is 0 Å². The van der Waals surface area contributed by atoms with Gasteiger partial charge in [-0.25, -0.2) is 5.01 Å². The average Bonchev–Trinajstić information content (AvgIpc) is 3.85. The van der Waals surface area contributed by atoms with E-state index >= 15 is 0 Å². The zero-order chi connectivity index (χ0) is 39.2. The third-order valence-corrected chi connectivity index (χ3v) is 14.5. The minimum Gasteiger partial charge on any atom is -0.432 e. The van der Waals surface area contributed by atoms with E-state index in [9.17, 15) is 19.5 Å². The highest BCUT2D eigenvalue weighted by molar-refractivity contribution is 9.10. The van der Waals surface area contributed by atoms with Gasteiger partial charge in [-0.2, -0.15) is 5.10 Å². The fraction of sp³-hybridized carbons (Fsp3) is 0.326. The lowest BCUT2D eigenvalue weighted by Crippen LogP contribution is -2.46. The Labute approximate surface area is 335 Å². The van der Waals surface area contributed by atoms with Crippen molar-refractivity contribution in [2.75, 3.05) is 16.5 Å². The van der Waals surface area contributed by atoms with Gasteiger partial charge >= 0.3 is 0 Å². The number of aliphatic hydroxyl groups excluding tert-OH is 1. The summed E-state index contributed by atoms with van der Waals surface area (Å²) in [5.41, 5.74) is 5.05. The average molecular weight is 834 g/mol. The molecule has 0 bridgehead atoms. The first-order valence-corrected chi connectivity index (χ1v) is 22.9. The number of hydrazone groups is 1. The second-order valence-electron chi connectivity index (χ2n) is 15.5. The van der Waals surface area contributed by atoms with Crippen LogP contribution in [-0.4, -0.2) is 63.5 Å². The molecule has 5 aromatic rings. The van der Waals surface area contributed by atoms with Crippen LogP contribution >= 0.6 is 15.9 Å². The lowest BCUT2D eigenvalue weighted by molar-refractivity contribution is -0.146. The van der Waals surface area contributed by atoms with Crippen LogP contribution in [0.3, 0.4) is 0 Å². The monoisotopic (exact) mass is 832 g/mol. The van der Waals surface area contributed by atoms with Crippen LogP contribution in [0.2, 0.25) is 18.6 Å². The van der Waals surface area contributed by atoms with Gasteiger partial charge in [-0.3, -0.25) is 14.3 Å².